The number of carboxylic acids is 1. The van der Waals surface area contributed by atoms with Crippen molar-refractivity contribution in [2.24, 2.45) is 10.2 Å². The van der Waals surface area contributed by atoms with Crippen molar-refractivity contribution in [3.63, 3.8) is 0 Å². The first-order valence-corrected chi connectivity index (χ1v) is 17.9. The van der Waals surface area contributed by atoms with E-state index in [9.17, 15) is 14.7 Å². The summed E-state index contributed by atoms with van der Waals surface area (Å²) in [5.74, 6) is -0.705. The zero-order chi connectivity index (χ0) is 33.4. The first-order valence-electron chi connectivity index (χ1n) is 17.9. The molecule has 3 rings (SSSR count). The molecule has 0 aliphatic heterocycles. The Morgan fingerprint density at radius 3 is 1.60 bits per heavy atom. The summed E-state index contributed by atoms with van der Waals surface area (Å²) in [7, 11) is 0. The minimum atomic E-state index is -1.08. The molecule has 254 valence electrons. The highest BCUT2D eigenvalue weighted by Crippen LogP contribution is 2.22. The van der Waals surface area contributed by atoms with Crippen LogP contribution in [0, 0.1) is 0 Å². The number of ether oxygens (including phenoxy) is 1. The van der Waals surface area contributed by atoms with E-state index in [0.29, 0.717) is 16.9 Å². The lowest BCUT2D eigenvalue weighted by Gasteiger charge is -2.14. The van der Waals surface area contributed by atoms with E-state index < -0.39 is 17.9 Å². The molecule has 0 unspecified atom stereocenters. The van der Waals surface area contributed by atoms with Crippen molar-refractivity contribution in [2.75, 3.05) is 6.61 Å². The molecule has 0 fully saturated rings. The quantitative estimate of drug-likeness (QED) is 0.0710. The van der Waals surface area contributed by atoms with Gasteiger partial charge in [-0.3, -0.25) is 4.79 Å². The number of hydrogen-bond donors (Lipinski definition) is 2. The molecule has 0 heterocycles. The highest BCUT2D eigenvalue weighted by atomic mass is 16.5. The summed E-state index contributed by atoms with van der Waals surface area (Å²) in [6.07, 6.45) is 21.9. The average Bonchev–Trinajstić information content (AvgIpc) is 3.09. The van der Waals surface area contributed by atoms with Crippen molar-refractivity contribution >= 4 is 23.3 Å². The smallest absolute Gasteiger partial charge is 0.326 e. The van der Waals surface area contributed by atoms with Crippen LogP contribution in [0.25, 0.3) is 0 Å². The highest BCUT2D eigenvalue weighted by Gasteiger charge is 2.21. The fraction of sp³-hybridized carbons (Fsp3) is 0.500. The molecule has 3 aromatic carbocycles. The van der Waals surface area contributed by atoms with Gasteiger partial charge in [-0.15, -0.1) is 0 Å². The predicted molar refractivity (Wildman–Crippen MR) is 191 cm³/mol. The first-order chi connectivity index (χ1) is 23.0. The monoisotopic (exact) mass is 641 g/mol. The van der Waals surface area contributed by atoms with Gasteiger partial charge in [0.25, 0.3) is 5.91 Å². The van der Waals surface area contributed by atoms with E-state index in [0.717, 1.165) is 24.3 Å². The molecule has 0 aliphatic carbocycles. The number of rotatable bonds is 25. The van der Waals surface area contributed by atoms with Gasteiger partial charge in [-0.2, -0.15) is 10.2 Å². The summed E-state index contributed by atoms with van der Waals surface area (Å²) in [4.78, 5) is 24.4. The molecule has 0 aromatic heterocycles. The topological polar surface area (TPSA) is 100 Å². The van der Waals surface area contributed by atoms with E-state index >= 15 is 0 Å². The van der Waals surface area contributed by atoms with Crippen molar-refractivity contribution in [3.05, 3.63) is 90.0 Å². The van der Waals surface area contributed by atoms with E-state index in [1.165, 1.54) is 96.3 Å². The zero-order valence-corrected chi connectivity index (χ0v) is 28.4. The van der Waals surface area contributed by atoms with Crippen LogP contribution in [0.3, 0.4) is 0 Å². The second kappa shape index (κ2) is 23.3. The van der Waals surface area contributed by atoms with Crippen LogP contribution in [0.15, 0.2) is 89.1 Å². The number of benzene rings is 3. The molecule has 0 aliphatic rings. The van der Waals surface area contributed by atoms with Crippen LogP contribution < -0.4 is 10.1 Å². The number of nitrogens with one attached hydrogen (secondary N) is 1. The average molecular weight is 642 g/mol. The minimum absolute atomic E-state index is 0.206. The molecule has 0 bridgehead atoms. The number of carbonyl (C=O) groups excluding carboxylic acids is 1. The normalized spacial score (nSPS) is 11.9. The van der Waals surface area contributed by atoms with E-state index in [2.05, 4.69) is 22.5 Å². The summed E-state index contributed by atoms with van der Waals surface area (Å²) in [5, 5.41) is 20.7. The van der Waals surface area contributed by atoms with Crippen molar-refractivity contribution < 1.29 is 19.4 Å². The summed E-state index contributed by atoms with van der Waals surface area (Å²) in [5.41, 5.74) is 2.48. The fourth-order valence-corrected chi connectivity index (χ4v) is 5.54. The Hall–Kier alpha value is -4.00. The van der Waals surface area contributed by atoms with Crippen molar-refractivity contribution in [1.82, 2.24) is 5.32 Å². The molecule has 2 N–H and O–H groups in total. The molecule has 0 radical (unpaired) electrons. The first kappa shape index (κ1) is 37.5. The second-order valence-electron chi connectivity index (χ2n) is 12.4. The summed E-state index contributed by atoms with van der Waals surface area (Å²) < 4.78 is 5.91. The van der Waals surface area contributed by atoms with Crippen molar-refractivity contribution in [1.29, 1.82) is 0 Å². The number of carboxylic acid groups (broad SMARTS) is 1. The summed E-state index contributed by atoms with van der Waals surface area (Å²) in [6.45, 7) is 3.00. The second-order valence-corrected chi connectivity index (χ2v) is 12.4. The Labute approximate surface area is 282 Å². The maximum absolute atomic E-state index is 12.7. The SMILES string of the molecule is CCCCCCCCCCCCCCCCCCOc1ccc(N=Nc2ccc(C(=O)N[C@@H](Cc3ccccc3)C(=O)O)cc2)cc1. The number of amides is 1. The Kier molecular flexibility index (Phi) is 18.6. The van der Waals surface area contributed by atoms with Crippen LogP contribution in [-0.2, 0) is 11.2 Å². The molecular weight excluding hydrogens is 586 g/mol. The molecule has 3 aromatic rings. The Bertz CT molecular complexity index is 1290. The summed E-state index contributed by atoms with van der Waals surface area (Å²) in [6, 6.07) is 22.3. The maximum Gasteiger partial charge on any atom is 0.326 e. The minimum Gasteiger partial charge on any atom is -0.494 e. The number of aliphatic carboxylic acids is 1. The predicted octanol–water partition coefficient (Wildman–Crippen LogP) is 11.2. The van der Waals surface area contributed by atoms with Gasteiger partial charge in [0, 0.05) is 12.0 Å². The van der Waals surface area contributed by atoms with Gasteiger partial charge in [-0.05, 0) is 60.5 Å². The van der Waals surface area contributed by atoms with Gasteiger partial charge >= 0.3 is 5.97 Å². The van der Waals surface area contributed by atoms with Crippen LogP contribution in [0.1, 0.15) is 126 Å². The van der Waals surface area contributed by atoms with Crippen molar-refractivity contribution in [3.8, 4) is 5.75 Å². The number of nitrogens with zero attached hydrogens (tertiary/aromatic N) is 2. The third-order valence-electron chi connectivity index (χ3n) is 8.40. The van der Waals surface area contributed by atoms with Crippen LogP contribution in [0.2, 0.25) is 0 Å². The van der Waals surface area contributed by atoms with E-state index in [1.807, 2.05) is 54.6 Å². The Morgan fingerprint density at radius 1 is 0.638 bits per heavy atom. The molecule has 1 amide bonds. The molecule has 0 saturated heterocycles. The lowest BCUT2D eigenvalue weighted by Crippen LogP contribution is -2.42. The van der Waals surface area contributed by atoms with Gasteiger partial charge in [-0.25, -0.2) is 4.79 Å². The molecule has 47 heavy (non-hydrogen) atoms. The van der Waals surface area contributed by atoms with Crippen LogP contribution in [0.4, 0.5) is 11.4 Å². The third-order valence-corrected chi connectivity index (χ3v) is 8.40. The zero-order valence-electron chi connectivity index (χ0n) is 28.4. The number of hydrogen-bond acceptors (Lipinski definition) is 5. The van der Waals surface area contributed by atoms with Gasteiger partial charge < -0.3 is 15.2 Å². The summed E-state index contributed by atoms with van der Waals surface area (Å²) >= 11 is 0. The van der Waals surface area contributed by atoms with Gasteiger partial charge in [0.2, 0.25) is 0 Å². The standard InChI is InChI=1S/C40H55N3O4/c1-2-3-4-5-6-7-8-9-10-11-12-13-14-15-16-20-31-47-37-29-27-36(28-30-37)43-42-35-25-23-34(24-26-35)39(44)41-38(40(45)46)32-33-21-18-17-19-22-33/h17-19,21-30,38H,2-16,20,31-32H2,1H3,(H,41,44)(H,45,46)/t38-/m0/s1. The van der Waals surface area contributed by atoms with Crippen LogP contribution in [0.5, 0.6) is 5.75 Å². The fourth-order valence-electron chi connectivity index (χ4n) is 5.54. The molecular formula is C40H55N3O4. The Morgan fingerprint density at radius 2 is 1.11 bits per heavy atom. The van der Waals surface area contributed by atoms with Crippen molar-refractivity contribution in [2.45, 2.75) is 122 Å². The Balaban J connectivity index is 1.24. The largest absolute Gasteiger partial charge is 0.494 e. The lowest BCUT2D eigenvalue weighted by molar-refractivity contribution is -0.139. The van der Waals surface area contributed by atoms with Gasteiger partial charge in [0.05, 0.1) is 18.0 Å². The van der Waals surface area contributed by atoms with E-state index in [1.54, 1.807) is 24.3 Å². The molecule has 1 atom stereocenters. The highest BCUT2D eigenvalue weighted by molar-refractivity contribution is 5.96. The van der Waals surface area contributed by atoms with Gasteiger partial charge in [0.15, 0.2) is 0 Å². The van der Waals surface area contributed by atoms with Gasteiger partial charge in [-0.1, -0.05) is 134 Å². The number of carbonyl (C=O) groups is 2. The van der Waals surface area contributed by atoms with Crippen LogP contribution >= 0.6 is 0 Å². The molecule has 7 nitrogen and oxygen atoms in total. The van der Waals surface area contributed by atoms with E-state index in [-0.39, 0.29) is 6.42 Å². The van der Waals surface area contributed by atoms with E-state index in [4.69, 9.17) is 4.74 Å². The maximum atomic E-state index is 12.7. The van der Waals surface area contributed by atoms with Gasteiger partial charge in [0.1, 0.15) is 11.8 Å². The number of unbranched alkanes of at least 4 members (excludes halogenated alkanes) is 15. The third kappa shape index (κ3) is 16.4. The molecule has 0 spiro atoms. The van der Waals surface area contributed by atoms with Crippen LogP contribution in [-0.4, -0.2) is 29.6 Å². The number of azo groups is 1. The lowest BCUT2D eigenvalue weighted by atomic mass is 10.0. The molecule has 7 heteroatoms. The molecule has 0 saturated carbocycles.